The van der Waals surface area contributed by atoms with Crippen molar-refractivity contribution in [3.05, 3.63) is 35.4 Å². The summed E-state index contributed by atoms with van der Waals surface area (Å²) in [7, 11) is 0. The van der Waals surface area contributed by atoms with Gasteiger partial charge in [-0.25, -0.2) is 0 Å². The van der Waals surface area contributed by atoms with Crippen LogP contribution in [0, 0.1) is 6.92 Å². The summed E-state index contributed by atoms with van der Waals surface area (Å²) < 4.78 is 0. The molecule has 0 aliphatic heterocycles. The fraction of sp³-hybridized carbons (Fsp3) is 0.400. The van der Waals surface area contributed by atoms with Crippen LogP contribution in [0.4, 0.5) is 0 Å². The van der Waals surface area contributed by atoms with Crippen LogP contribution in [0.25, 0.3) is 0 Å². The van der Waals surface area contributed by atoms with E-state index in [2.05, 4.69) is 0 Å². The van der Waals surface area contributed by atoms with E-state index < -0.39 is 6.10 Å². The van der Waals surface area contributed by atoms with Crippen LogP contribution >= 0.6 is 0 Å². The summed E-state index contributed by atoms with van der Waals surface area (Å²) in [6.45, 7) is 3.78. The molecule has 66 valence electrons. The lowest BCUT2D eigenvalue weighted by molar-refractivity contribution is 0.152. The highest BCUT2D eigenvalue weighted by Crippen LogP contribution is 2.18. The van der Waals surface area contributed by atoms with Crippen molar-refractivity contribution in [1.29, 1.82) is 0 Å². The lowest BCUT2D eigenvalue weighted by atomic mass is 9.99. The van der Waals surface area contributed by atoms with Crippen LogP contribution in [0.5, 0.6) is 0 Å². The van der Waals surface area contributed by atoms with E-state index in [1.54, 1.807) is 6.92 Å². The van der Waals surface area contributed by atoms with Gasteiger partial charge in [0.05, 0.1) is 6.10 Å². The second kappa shape index (κ2) is 3.70. The van der Waals surface area contributed by atoms with E-state index in [1.165, 1.54) is 0 Å². The van der Waals surface area contributed by atoms with Gasteiger partial charge in [-0.15, -0.1) is 0 Å². The van der Waals surface area contributed by atoms with Gasteiger partial charge in [0.1, 0.15) is 0 Å². The first kappa shape index (κ1) is 9.23. The first-order valence-corrected chi connectivity index (χ1v) is 4.12. The number of nitrogens with two attached hydrogens (primary N) is 1. The van der Waals surface area contributed by atoms with E-state index in [9.17, 15) is 5.11 Å². The zero-order valence-corrected chi connectivity index (χ0v) is 7.49. The Hall–Kier alpha value is -0.860. The molecular weight excluding hydrogens is 150 g/mol. The number of aliphatic hydroxyl groups is 1. The Kier molecular flexibility index (Phi) is 2.84. The van der Waals surface area contributed by atoms with Gasteiger partial charge < -0.3 is 10.8 Å². The number of hydrogen-bond donors (Lipinski definition) is 2. The van der Waals surface area contributed by atoms with E-state index in [4.69, 9.17) is 5.73 Å². The topological polar surface area (TPSA) is 46.2 Å². The molecule has 0 aliphatic rings. The van der Waals surface area contributed by atoms with Crippen molar-refractivity contribution < 1.29 is 5.11 Å². The second-order valence-corrected chi connectivity index (χ2v) is 3.16. The summed E-state index contributed by atoms with van der Waals surface area (Å²) in [4.78, 5) is 0. The molecule has 0 fully saturated rings. The number of rotatable bonds is 2. The summed E-state index contributed by atoms with van der Waals surface area (Å²) in [6, 6.07) is 7.52. The van der Waals surface area contributed by atoms with E-state index in [0.29, 0.717) is 0 Å². The van der Waals surface area contributed by atoms with Crippen molar-refractivity contribution in [2.45, 2.75) is 26.0 Å². The van der Waals surface area contributed by atoms with Gasteiger partial charge in [0, 0.05) is 6.04 Å². The average molecular weight is 165 g/mol. The molecule has 0 saturated carbocycles. The minimum Gasteiger partial charge on any atom is -0.387 e. The Morgan fingerprint density at radius 1 is 1.33 bits per heavy atom. The van der Waals surface area contributed by atoms with Gasteiger partial charge in [0.25, 0.3) is 0 Å². The quantitative estimate of drug-likeness (QED) is 0.695. The van der Waals surface area contributed by atoms with E-state index in [0.717, 1.165) is 11.1 Å². The molecule has 0 aliphatic carbocycles. The third-order valence-electron chi connectivity index (χ3n) is 2.01. The first-order valence-electron chi connectivity index (χ1n) is 4.12. The smallest absolute Gasteiger partial charge is 0.0940 e. The van der Waals surface area contributed by atoms with Gasteiger partial charge in [-0.1, -0.05) is 24.3 Å². The van der Waals surface area contributed by atoms with Gasteiger partial charge in [0.2, 0.25) is 0 Å². The third-order valence-corrected chi connectivity index (χ3v) is 2.01. The molecule has 0 amide bonds. The number of aryl methyl sites for hydroxylation is 1. The molecular formula is C10H15NO. The number of hydrogen-bond acceptors (Lipinski definition) is 2. The molecule has 2 nitrogen and oxygen atoms in total. The molecule has 0 radical (unpaired) electrons. The zero-order valence-electron chi connectivity index (χ0n) is 7.49. The Morgan fingerprint density at radius 2 is 1.92 bits per heavy atom. The van der Waals surface area contributed by atoms with E-state index in [-0.39, 0.29) is 6.04 Å². The average Bonchev–Trinajstić information content (AvgIpc) is 2.04. The van der Waals surface area contributed by atoms with Gasteiger partial charge >= 0.3 is 0 Å². The molecule has 0 saturated heterocycles. The van der Waals surface area contributed by atoms with Crippen LogP contribution in [0.3, 0.4) is 0 Å². The van der Waals surface area contributed by atoms with Crippen molar-refractivity contribution in [2.24, 2.45) is 5.73 Å². The summed E-state index contributed by atoms with van der Waals surface area (Å²) >= 11 is 0. The van der Waals surface area contributed by atoms with Gasteiger partial charge in [-0.2, -0.15) is 0 Å². The van der Waals surface area contributed by atoms with Gasteiger partial charge in [0.15, 0.2) is 0 Å². The highest BCUT2D eigenvalue weighted by molar-refractivity contribution is 5.28. The molecule has 2 heteroatoms. The summed E-state index contributed by atoms with van der Waals surface area (Å²) in [5.41, 5.74) is 7.60. The Bertz CT molecular complexity index is 258. The van der Waals surface area contributed by atoms with E-state index >= 15 is 0 Å². The minimum atomic E-state index is -0.550. The van der Waals surface area contributed by atoms with Crippen LogP contribution < -0.4 is 5.73 Å². The minimum absolute atomic E-state index is 0.217. The van der Waals surface area contributed by atoms with Crippen LogP contribution in [-0.2, 0) is 0 Å². The number of aliphatic hydroxyl groups excluding tert-OH is 1. The molecule has 0 bridgehead atoms. The molecule has 12 heavy (non-hydrogen) atoms. The summed E-state index contributed by atoms with van der Waals surface area (Å²) in [6.07, 6.45) is -0.550. The highest BCUT2D eigenvalue weighted by atomic mass is 16.3. The Morgan fingerprint density at radius 3 is 2.42 bits per heavy atom. The lowest BCUT2D eigenvalue weighted by Crippen LogP contribution is -2.24. The molecule has 1 aromatic rings. The third kappa shape index (κ3) is 1.84. The van der Waals surface area contributed by atoms with Crippen molar-refractivity contribution >= 4 is 0 Å². The van der Waals surface area contributed by atoms with Crippen molar-refractivity contribution in [2.75, 3.05) is 0 Å². The largest absolute Gasteiger partial charge is 0.387 e. The molecule has 0 heterocycles. The maximum absolute atomic E-state index is 9.65. The summed E-state index contributed by atoms with van der Waals surface area (Å²) in [5.74, 6) is 0. The Labute approximate surface area is 73.0 Å². The lowest BCUT2D eigenvalue weighted by Gasteiger charge is -2.16. The van der Waals surface area contributed by atoms with Gasteiger partial charge in [-0.3, -0.25) is 0 Å². The van der Waals surface area contributed by atoms with Crippen LogP contribution in [0.1, 0.15) is 24.2 Å². The predicted molar refractivity (Wildman–Crippen MR) is 49.8 cm³/mol. The maximum Gasteiger partial charge on any atom is 0.0940 e. The normalized spacial score (nSPS) is 15.7. The molecule has 2 atom stereocenters. The van der Waals surface area contributed by atoms with E-state index in [1.807, 2.05) is 31.2 Å². The standard InChI is InChI=1S/C10H15NO/c1-7-5-3-4-6-9(7)10(12)8(2)11/h3-6,8,10,12H,11H2,1-2H3/t8-,10-/m1/s1. The molecule has 0 aromatic heterocycles. The molecule has 1 rings (SSSR count). The monoisotopic (exact) mass is 165 g/mol. The first-order chi connectivity index (χ1) is 5.63. The van der Waals surface area contributed by atoms with Crippen LogP contribution in [-0.4, -0.2) is 11.1 Å². The maximum atomic E-state index is 9.65. The number of benzene rings is 1. The molecule has 0 spiro atoms. The van der Waals surface area contributed by atoms with Crippen LogP contribution in [0.15, 0.2) is 24.3 Å². The fourth-order valence-electron chi connectivity index (χ4n) is 1.20. The van der Waals surface area contributed by atoms with Gasteiger partial charge in [-0.05, 0) is 25.0 Å². The van der Waals surface area contributed by atoms with Crippen molar-refractivity contribution in [3.8, 4) is 0 Å². The molecule has 3 N–H and O–H groups in total. The fourth-order valence-corrected chi connectivity index (χ4v) is 1.20. The van der Waals surface area contributed by atoms with Crippen LogP contribution in [0.2, 0.25) is 0 Å². The predicted octanol–water partition coefficient (Wildman–Crippen LogP) is 1.38. The van der Waals surface area contributed by atoms with Crippen molar-refractivity contribution in [3.63, 3.8) is 0 Å². The van der Waals surface area contributed by atoms with Crippen molar-refractivity contribution in [1.82, 2.24) is 0 Å². The second-order valence-electron chi connectivity index (χ2n) is 3.16. The highest BCUT2D eigenvalue weighted by Gasteiger charge is 2.13. The summed E-state index contributed by atoms with van der Waals surface area (Å²) in [5, 5.41) is 9.65. The molecule has 0 unspecified atom stereocenters. The molecule has 1 aromatic carbocycles. The SMILES string of the molecule is Cc1ccccc1[C@H](O)[C@@H](C)N. The zero-order chi connectivity index (χ0) is 9.14. The Balaban J connectivity index is 2.94.